The number of hydrogen-bond acceptors (Lipinski definition) is 4. The van der Waals surface area contributed by atoms with E-state index in [0.717, 1.165) is 17.4 Å². The van der Waals surface area contributed by atoms with Crippen molar-refractivity contribution in [1.29, 1.82) is 0 Å². The van der Waals surface area contributed by atoms with Crippen molar-refractivity contribution in [1.82, 2.24) is 20.3 Å². The van der Waals surface area contributed by atoms with Gasteiger partial charge in [0, 0.05) is 31.3 Å². The van der Waals surface area contributed by atoms with E-state index in [-0.39, 0.29) is 5.91 Å². The second-order valence-corrected chi connectivity index (χ2v) is 5.18. The van der Waals surface area contributed by atoms with E-state index in [9.17, 15) is 4.79 Å². The first-order chi connectivity index (χ1) is 11.8. The van der Waals surface area contributed by atoms with Gasteiger partial charge in [-0.2, -0.15) is 0 Å². The Kier molecular flexibility index (Phi) is 4.86. The van der Waals surface area contributed by atoms with Crippen molar-refractivity contribution in [2.45, 2.75) is 6.42 Å². The van der Waals surface area contributed by atoms with Crippen molar-refractivity contribution in [2.24, 2.45) is 0 Å². The van der Waals surface area contributed by atoms with Gasteiger partial charge < -0.3 is 15.0 Å². The molecule has 0 radical (unpaired) electrons. The molecule has 6 nitrogen and oxygen atoms in total. The highest BCUT2D eigenvalue weighted by Crippen LogP contribution is 2.26. The lowest BCUT2D eigenvalue weighted by molar-refractivity contribution is -0.115. The summed E-state index contributed by atoms with van der Waals surface area (Å²) < 4.78 is 5.85. The molecule has 0 bridgehead atoms. The summed E-state index contributed by atoms with van der Waals surface area (Å²) in [6, 6.07) is 10.1. The maximum absolute atomic E-state index is 11.4. The monoisotopic (exact) mass is 322 g/mol. The molecule has 3 rings (SSSR count). The zero-order valence-electron chi connectivity index (χ0n) is 13.3. The van der Waals surface area contributed by atoms with E-state index >= 15 is 0 Å². The molecule has 6 heteroatoms. The molecule has 0 aliphatic rings. The van der Waals surface area contributed by atoms with Crippen molar-refractivity contribution < 1.29 is 9.53 Å². The largest absolute Gasteiger partial charge is 0.477 e. The lowest BCUT2D eigenvalue weighted by Crippen LogP contribution is -2.13. The van der Waals surface area contributed by atoms with Crippen LogP contribution >= 0.6 is 0 Å². The van der Waals surface area contributed by atoms with Gasteiger partial charge in [0.15, 0.2) is 0 Å². The summed E-state index contributed by atoms with van der Waals surface area (Å²) >= 11 is 0. The van der Waals surface area contributed by atoms with Crippen LogP contribution in [-0.2, 0) is 11.2 Å². The molecule has 2 N–H and O–H groups in total. The molecule has 24 heavy (non-hydrogen) atoms. The minimum atomic E-state index is -0.173. The Morgan fingerprint density at radius 2 is 2.12 bits per heavy atom. The molecule has 2 heterocycles. The number of likely N-dealkylation sites (N-methyl/N-ethyl adjacent to an activating group) is 1. The molecule has 0 atom stereocenters. The number of hydrogen-bond donors (Lipinski definition) is 2. The Hall–Kier alpha value is -3.15. The third-order valence-electron chi connectivity index (χ3n) is 3.60. The fourth-order valence-corrected chi connectivity index (χ4v) is 2.36. The Morgan fingerprint density at radius 1 is 1.29 bits per heavy atom. The molecule has 3 aromatic rings. The summed E-state index contributed by atoms with van der Waals surface area (Å²) in [5, 5.41) is 3.31. The number of carbonyl (C=O) groups excluding carboxylic acids is 1. The minimum Gasteiger partial charge on any atom is -0.477 e. The lowest BCUT2D eigenvalue weighted by atomic mass is 10.2. The van der Waals surface area contributed by atoms with Crippen molar-refractivity contribution in [3.05, 3.63) is 60.1 Å². The predicted octanol–water partition coefficient (Wildman–Crippen LogP) is 2.34. The van der Waals surface area contributed by atoms with Crippen LogP contribution in [0.1, 0.15) is 11.1 Å². The number of H-pyrrole nitrogens is 1. The van der Waals surface area contributed by atoms with Gasteiger partial charge in [0.2, 0.25) is 11.8 Å². The third kappa shape index (κ3) is 3.60. The normalized spacial score (nSPS) is 11.0. The molecule has 1 amide bonds. The molecule has 0 aliphatic heterocycles. The van der Waals surface area contributed by atoms with E-state index in [4.69, 9.17) is 4.74 Å². The van der Waals surface area contributed by atoms with Crippen molar-refractivity contribution in [2.75, 3.05) is 13.7 Å². The Bertz CT molecular complexity index is 856. The van der Waals surface area contributed by atoms with Crippen molar-refractivity contribution in [3.63, 3.8) is 0 Å². The zero-order valence-corrected chi connectivity index (χ0v) is 13.3. The highest BCUT2D eigenvalue weighted by molar-refractivity contribution is 5.96. The minimum absolute atomic E-state index is 0.173. The number of carbonyl (C=O) groups is 1. The zero-order chi connectivity index (χ0) is 16.8. The van der Waals surface area contributed by atoms with Gasteiger partial charge in [-0.1, -0.05) is 30.3 Å². The Labute approximate surface area is 139 Å². The maximum atomic E-state index is 11.4. The number of amides is 1. The van der Waals surface area contributed by atoms with E-state index in [1.165, 1.54) is 18.0 Å². The van der Waals surface area contributed by atoms with Gasteiger partial charge in [0.1, 0.15) is 12.0 Å². The van der Waals surface area contributed by atoms with Crippen LogP contribution in [0.15, 0.2) is 48.9 Å². The highest BCUT2D eigenvalue weighted by atomic mass is 16.5. The van der Waals surface area contributed by atoms with Gasteiger partial charge in [0.25, 0.3) is 0 Å². The Balaban J connectivity index is 1.78. The number of fused-ring (bicyclic) bond motifs is 1. The van der Waals surface area contributed by atoms with Gasteiger partial charge in [-0.3, -0.25) is 4.79 Å². The highest BCUT2D eigenvalue weighted by Gasteiger charge is 2.11. The number of ether oxygens (including phenoxy) is 1. The van der Waals surface area contributed by atoms with E-state index < -0.39 is 0 Å². The van der Waals surface area contributed by atoms with Crippen LogP contribution in [0.4, 0.5) is 0 Å². The number of benzene rings is 1. The topological polar surface area (TPSA) is 79.9 Å². The summed E-state index contributed by atoms with van der Waals surface area (Å²) in [6.07, 6.45) is 7.21. The quantitative estimate of drug-likeness (QED) is 0.683. The second kappa shape index (κ2) is 7.41. The van der Waals surface area contributed by atoms with E-state index in [1.54, 1.807) is 19.3 Å². The number of aromatic nitrogens is 3. The van der Waals surface area contributed by atoms with Crippen LogP contribution in [0, 0.1) is 0 Å². The summed E-state index contributed by atoms with van der Waals surface area (Å²) in [5.74, 6) is 0.335. The lowest BCUT2D eigenvalue weighted by Gasteiger charge is -2.06. The van der Waals surface area contributed by atoms with Crippen LogP contribution in [0.5, 0.6) is 5.88 Å². The van der Waals surface area contributed by atoms with Crippen LogP contribution in [0.3, 0.4) is 0 Å². The Morgan fingerprint density at radius 3 is 2.92 bits per heavy atom. The van der Waals surface area contributed by atoms with Gasteiger partial charge in [-0.15, -0.1) is 0 Å². The molecule has 0 saturated carbocycles. The van der Waals surface area contributed by atoms with Gasteiger partial charge in [-0.05, 0) is 11.6 Å². The molecule has 0 aliphatic carbocycles. The molecular formula is C18H18N4O2. The summed E-state index contributed by atoms with van der Waals surface area (Å²) in [4.78, 5) is 22.9. The van der Waals surface area contributed by atoms with Gasteiger partial charge in [-0.25, -0.2) is 9.97 Å². The van der Waals surface area contributed by atoms with Crippen molar-refractivity contribution >= 4 is 23.0 Å². The molecule has 0 saturated heterocycles. The van der Waals surface area contributed by atoms with Crippen LogP contribution < -0.4 is 10.1 Å². The number of aromatic amines is 1. The summed E-state index contributed by atoms with van der Waals surface area (Å²) in [7, 11) is 1.59. The second-order valence-electron chi connectivity index (χ2n) is 5.18. The fraction of sp³-hybridized carbons (Fsp3) is 0.167. The fourth-order valence-electron chi connectivity index (χ4n) is 2.36. The molecule has 0 fully saturated rings. The number of nitrogens with one attached hydrogen (secondary N) is 2. The predicted molar refractivity (Wildman–Crippen MR) is 92.6 cm³/mol. The molecule has 2 aromatic heterocycles. The van der Waals surface area contributed by atoms with Gasteiger partial charge in [0.05, 0.1) is 12.0 Å². The number of rotatable bonds is 6. The molecular weight excluding hydrogens is 304 g/mol. The maximum Gasteiger partial charge on any atom is 0.243 e. The molecule has 122 valence electrons. The SMILES string of the molecule is CNC(=O)C=Cc1c[nH]c2ncnc(OCCc3ccccc3)c12. The van der Waals surface area contributed by atoms with E-state index in [2.05, 4.69) is 32.4 Å². The van der Waals surface area contributed by atoms with E-state index in [0.29, 0.717) is 18.1 Å². The number of nitrogens with zero attached hydrogens (tertiary/aromatic N) is 2. The average molecular weight is 322 g/mol. The van der Waals surface area contributed by atoms with Crippen LogP contribution in [0.2, 0.25) is 0 Å². The third-order valence-corrected chi connectivity index (χ3v) is 3.60. The van der Waals surface area contributed by atoms with Gasteiger partial charge >= 0.3 is 0 Å². The summed E-state index contributed by atoms with van der Waals surface area (Å²) in [6.45, 7) is 0.514. The standard InChI is InChI=1S/C18H18N4O2/c1-19-15(23)8-7-14-11-20-17-16(14)18(22-12-21-17)24-10-9-13-5-3-2-4-6-13/h2-8,11-12H,9-10H2,1H3,(H,19,23)(H,20,21,22). The first-order valence-corrected chi connectivity index (χ1v) is 7.66. The van der Waals surface area contributed by atoms with Crippen LogP contribution in [-0.4, -0.2) is 34.5 Å². The van der Waals surface area contributed by atoms with Crippen LogP contribution in [0.25, 0.3) is 17.1 Å². The summed E-state index contributed by atoms with van der Waals surface area (Å²) in [5.41, 5.74) is 2.69. The first-order valence-electron chi connectivity index (χ1n) is 7.66. The molecule has 0 unspecified atom stereocenters. The smallest absolute Gasteiger partial charge is 0.243 e. The van der Waals surface area contributed by atoms with Crippen molar-refractivity contribution in [3.8, 4) is 5.88 Å². The molecule has 1 aromatic carbocycles. The first kappa shape index (κ1) is 15.7. The molecule has 0 spiro atoms. The van der Waals surface area contributed by atoms with E-state index in [1.807, 2.05) is 18.2 Å². The average Bonchev–Trinajstić information content (AvgIpc) is 3.04.